The van der Waals surface area contributed by atoms with Crippen molar-refractivity contribution in [2.24, 2.45) is 0 Å². The molecule has 0 amide bonds. The summed E-state index contributed by atoms with van der Waals surface area (Å²) in [4.78, 5) is 2.59. The van der Waals surface area contributed by atoms with Gasteiger partial charge in [-0.1, -0.05) is 48.2 Å². The number of hydrogen-bond acceptors (Lipinski definition) is 3. The summed E-state index contributed by atoms with van der Waals surface area (Å²) in [5.74, 6) is 0. The van der Waals surface area contributed by atoms with Crippen LogP contribution in [0.4, 0.5) is 11.4 Å². The van der Waals surface area contributed by atoms with Crippen molar-refractivity contribution in [2.75, 3.05) is 5.32 Å². The van der Waals surface area contributed by atoms with E-state index >= 15 is 0 Å². The average Bonchev–Trinajstić information content (AvgIpc) is 2.86. The summed E-state index contributed by atoms with van der Waals surface area (Å²) >= 11 is 1.82. The zero-order valence-corrected chi connectivity index (χ0v) is 12.3. The molecule has 2 heterocycles. The van der Waals surface area contributed by atoms with Crippen LogP contribution in [-0.2, 0) is 0 Å². The lowest BCUT2D eigenvalue weighted by molar-refractivity contribution is 1.20. The first-order chi connectivity index (χ1) is 10.4. The minimum atomic E-state index is 1.20. The van der Waals surface area contributed by atoms with Crippen LogP contribution in [-0.4, -0.2) is 0 Å². The molecule has 4 rings (SSSR count). The fourth-order valence-electron chi connectivity index (χ4n) is 1.99. The SMILES string of the molecule is C1=CC=CNC=C1.c1ccc2c(c1)Nc1ccccc1S2. The van der Waals surface area contributed by atoms with E-state index < -0.39 is 0 Å². The highest BCUT2D eigenvalue weighted by Crippen LogP contribution is 2.43. The molecular formula is C18H16N2S. The molecule has 2 aromatic rings. The number of nitrogens with one attached hydrogen (secondary N) is 2. The van der Waals surface area contributed by atoms with Gasteiger partial charge in [0, 0.05) is 22.2 Å². The smallest absolute Gasteiger partial charge is 0.0526 e. The molecule has 104 valence electrons. The molecule has 2 aliphatic rings. The quantitative estimate of drug-likeness (QED) is 0.605. The molecule has 0 spiro atoms. The van der Waals surface area contributed by atoms with E-state index in [0.717, 1.165) is 0 Å². The van der Waals surface area contributed by atoms with E-state index in [1.165, 1.54) is 21.2 Å². The third-order valence-corrected chi connectivity index (χ3v) is 4.13. The predicted octanol–water partition coefficient (Wildman–Crippen LogP) is 5.07. The summed E-state index contributed by atoms with van der Waals surface area (Å²) < 4.78 is 0. The van der Waals surface area contributed by atoms with Gasteiger partial charge in [-0.2, -0.15) is 0 Å². The van der Waals surface area contributed by atoms with Gasteiger partial charge in [0.2, 0.25) is 0 Å². The lowest BCUT2D eigenvalue weighted by atomic mass is 10.2. The first-order valence-electron chi connectivity index (χ1n) is 6.81. The Kier molecular flexibility index (Phi) is 4.44. The Balaban J connectivity index is 0.000000160. The van der Waals surface area contributed by atoms with E-state index in [0.29, 0.717) is 0 Å². The average molecular weight is 292 g/mol. The van der Waals surface area contributed by atoms with Gasteiger partial charge < -0.3 is 10.6 Å². The van der Waals surface area contributed by atoms with Gasteiger partial charge >= 0.3 is 0 Å². The molecule has 0 saturated heterocycles. The largest absolute Gasteiger partial charge is 0.368 e. The monoisotopic (exact) mass is 292 g/mol. The lowest BCUT2D eigenvalue weighted by Crippen LogP contribution is -1.98. The Labute approximate surface area is 129 Å². The molecule has 0 atom stereocenters. The van der Waals surface area contributed by atoms with Crippen LogP contribution in [0.1, 0.15) is 0 Å². The van der Waals surface area contributed by atoms with Crippen molar-refractivity contribution in [3.63, 3.8) is 0 Å². The maximum atomic E-state index is 3.42. The molecule has 0 aromatic heterocycles. The number of hydrogen-bond donors (Lipinski definition) is 2. The van der Waals surface area contributed by atoms with Gasteiger partial charge in [-0.25, -0.2) is 0 Å². The third kappa shape index (κ3) is 3.58. The minimum Gasteiger partial charge on any atom is -0.368 e. The zero-order valence-electron chi connectivity index (χ0n) is 11.5. The third-order valence-electron chi connectivity index (χ3n) is 2.98. The fourth-order valence-corrected chi connectivity index (χ4v) is 2.98. The molecule has 2 nitrogen and oxygen atoms in total. The molecule has 0 saturated carbocycles. The molecular weight excluding hydrogens is 276 g/mol. The second kappa shape index (κ2) is 6.86. The molecule has 2 aliphatic heterocycles. The normalized spacial score (nSPS) is 13.7. The van der Waals surface area contributed by atoms with Crippen molar-refractivity contribution >= 4 is 23.1 Å². The number of allylic oxidation sites excluding steroid dienone is 4. The van der Waals surface area contributed by atoms with Gasteiger partial charge in [-0.15, -0.1) is 0 Å². The number of rotatable bonds is 0. The first-order valence-corrected chi connectivity index (χ1v) is 7.62. The molecule has 21 heavy (non-hydrogen) atoms. The highest BCUT2D eigenvalue weighted by atomic mass is 32.2. The zero-order chi connectivity index (χ0) is 14.3. The fraction of sp³-hybridized carbons (Fsp3) is 0. The number of anilines is 2. The van der Waals surface area contributed by atoms with Crippen LogP contribution < -0.4 is 10.6 Å². The van der Waals surface area contributed by atoms with Crippen LogP contribution in [0.3, 0.4) is 0 Å². The molecule has 0 fully saturated rings. The van der Waals surface area contributed by atoms with Crippen LogP contribution >= 0.6 is 11.8 Å². The Morgan fingerprint density at radius 3 is 1.71 bits per heavy atom. The van der Waals surface area contributed by atoms with Crippen molar-refractivity contribution in [1.82, 2.24) is 5.32 Å². The maximum absolute atomic E-state index is 3.42. The number of para-hydroxylation sites is 2. The molecule has 2 aromatic carbocycles. The van der Waals surface area contributed by atoms with E-state index in [9.17, 15) is 0 Å². The summed E-state index contributed by atoms with van der Waals surface area (Å²) in [5, 5.41) is 6.34. The van der Waals surface area contributed by atoms with Crippen LogP contribution in [0.15, 0.2) is 95.0 Å². The summed E-state index contributed by atoms with van der Waals surface area (Å²) in [6.07, 6.45) is 11.6. The summed E-state index contributed by atoms with van der Waals surface area (Å²) in [7, 11) is 0. The van der Waals surface area contributed by atoms with Gasteiger partial charge in [0.1, 0.15) is 0 Å². The summed E-state index contributed by atoms with van der Waals surface area (Å²) in [5.41, 5.74) is 2.41. The topological polar surface area (TPSA) is 24.1 Å². The molecule has 0 aliphatic carbocycles. The molecule has 0 bridgehead atoms. The van der Waals surface area contributed by atoms with Gasteiger partial charge in [0.05, 0.1) is 11.4 Å². The van der Waals surface area contributed by atoms with Crippen molar-refractivity contribution in [2.45, 2.75) is 9.79 Å². The molecule has 0 radical (unpaired) electrons. The van der Waals surface area contributed by atoms with E-state index in [4.69, 9.17) is 0 Å². The standard InChI is InChI=1S/C12H9NS.C6H7N/c1-3-7-11-9(5-1)13-10-6-2-4-8-12(10)14-11;1-2-4-6-7-5-3-1/h1-8,13H;1-7H. The highest BCUT2D eigenvalue weighted by Gasteiger charge is 2.13. The van der Waals surface area contributed by atoms with Gasteiger partial charge in [-0.05, 0) is 36.4 Å². The Morgan fingerprint density at radius 2 is 1.14 bits per heavy atom. The summed E-state index contributed by atoms with van der Waals surface area (Å²) in [6.45, 7) is 0. The summed E-state index contributed by atoms with van der Waals surface area (Å²) in [6, 6.07) is 16.8. The van der Waals surface area contributed by atoms with Crippen molar-refractivity contribution in [3.05, 3.63) is 85.2 Å². The van der Waals surface area contributed by atoms with Gasteiger partial charge in [-0.3, -0.25) is 0 Å². The van der Waals surface area contributed by atoms with E-state index in [-0.39, 0.29) is 0 Å². The number of benzene rings is 2. The molecule has 3 heteroatoms. The lowest BCUT2D eigenvalue weighted by Gasteiger charge is -2.19. The minimum absolute atomic E-state index is 1.20. The number of fused-ring (bicyclic) bond motifs is 2. The van der Waals surface area contributed by atoms with Crippen LogP contribution in [0.5, 0.6) is 0 Å². The van der Waals surface area contributed by atoms with Crippen LogP contribution in [0.2, 0.25) is 0 Å². The second-order valence-corrected chi connectivity index (χ2v) is 5.57. The van der Waals surface area contributed by atoms with Gasteiger partial charge in [0.25, 0.3) is 0 Å². The van der Waals surface area contributed by atoms with E-state index in [1.54, 1.807) is 0 Å². The van der Waals surface area contributed by atoms with Crippen LogP contribution in [0, 0.1) is 0 Å². The Hall–Kier alpha value is -2.39. The van der Waals surface area contributed by atoms with Crippen molar-refractivity contribution in [1.29, 1.82) is 0 Å². The van der Waals surface area contributed by atoms with E-state index in [2.05, 4.69) is 59.2 Å². The first kappa shape index (κ1) is 13.6. The highest BCUT2D eigenvalue weighted by molar-refractivity contribution is 7.99. The van der Waals surface area contributed by atoms with Gasteiger partial charge in [0.15, 0.2) is 0 Å². The molecule has 2 N–H and O–H groups in total. The van der Waals surface area contributed by atoms with Crippen molar-refractivity contribution in [3.8, 4) is 0 Å². The second-order valence-electron chi connectivity index (χ2n) is 4.49. The maximum Gasteiger partial charge on any atom is 0.0526 e. The molecule has 0 unspecified atom stereocenters. The Bertz CT molecular complexity index is 600. The van der Waals surface area contributed by atoms with Crippen LogP contribution in [0.25, 0.3) is 0 Å². The van der Waals surface area contributed by atoms with Crippen molar-refractivity contribution < 1.29 is 0 Å². The van der Waals surface area contributed by atoms with E-state index in [1.807, 2.05) is 48.5 Å². The Morgan fingerprint density at radius 1 is 0.619 bits per heavy atom. The predicted molar refractivity (Wildman–Crippen MR) is 90.8 cm³/mol.